The third-order valence-electron chi connectivity index (χ3n) is 4.01. The van der Waals surface area contributed by atoms with E-state index >= 15 is 0 Å². The highest BCUT2D eigenvalue weighted by atomic mass is 16.6. The lowest BCUT2D eigenvalue weighted by Crippen LogP contribution is -2.14. The van der Waals surface area contributed by atoms with E-state index in [4.69, 9.17) is 14.2 Å². The molecule has 0 saturated carbocycles. The molecule has 0 spiro atoms. The van der Waals surface area contributed by atoms with E-state index in [1.165, 1.54) is 19.3 Å². The van der Waals surface area contributed by atoms with Gasteiger partial charge in [0.25, 0.3) is 0 Å². The van der Waals surface area contributed by atoms with Gasteiger partial charge in [0.05, 0.1) is 13.7 Å². The lowest BCUT2D eigenvalue weighted by molar-refractivity contribution is -0.145. The Morgan fingerprint density at radius 1 is 1.17 bits per heavy atom. The predicted molar refractivity (Wildman–Crippen MR) is 110 cm³/mol. The molecular formula is C23H24O6. The van der Waals surface area contributed by atoms with Crippen LogP contribution in [0.4, 0.5) is 0 Å². The summed E-state index contributed by atoms with van der Waals surface area (Å²) < 4.78 is 15.4. The Morgan fingerprint density at radius 3 is 2.52 bits per heavy atom. The van der Waals surface area contributed by atoms with Crippen molar-refractivity contribution in [3.8, 4) is 17.2 Å². The van der Waals surface area contributed by atoms with Gasteiger partial charge < -0.3 is 19.3 Å². The van der Waals surface area contributed by atoms with Crippen molar-refractivity contribution in [1.29, 1.82) is 0 Å². The minimum absolute atomic E-state index is 0.114. The number of benzene rings is 2. The van der Waals surface area contributed by atoms with Gasteiger partial charge in [-0.15, -0.1) is 6.58 Å². The summed E-state index contributed by atoms with van der Waals surface area (Å²) in [5.74, 6) is 0.384. The Balaban J connectivity index is 2.09. The van der Waals surface area contributed by atoms with Crippen molar-refractivity contribution in [2.24, 2.45) is 0 Å². The molecule has 0 saturated heterocycles. The molecule has 2 aromatic rings. The molecule has 0 heterocycles. The largest absolute Gasteiger partial charge is 0.508 e. The van der Waals surface area contributed by atoms with Crippen LogP contribution >= 0.6 is 0 Å². The fraction of sp³-hybridized carbons (Fsp3) is 0.217. The number of methoxy groups -OCH3 is 1. The van der Waals surface area contributed by atoms with Crippen molar-refractivity contribution in [2.45, 2.75) is 13.3 Å². The second-order valence-corrected chi connectivity index (χ2v) is 6.03. The summed E-state index contributed by atoms with van der Waals surface area (Å²) in [6.07, 6.45) is 5.25. The number of aromatic hydroxyl groups is 1. The zero-order valence-electron chi connectivity index (χ0n) is 16.5. The van der Waals surface area contributed by atoms with E-state index in [9.17, 15) is 14.7 Å². The number of ketones is 1. The number of hydrogen-bond donors (Lipinski definition) is 1. The first kappa shape index (κ1) is 21.8. The van der Waals surface area contributed by atoms with E-state index in [1.807, 2.05) is 0 Å². The summed E-state index contributed by atoms with van der Waals surface area (Å²) in [7, 11) is 1.50. The highest BCUT2D eigenvalue weighted by molar-refractivity contribution is 6.07. The number of carbonyl (C=O) groups is 2. The molecule has 2 rings (SSSR count). The first-order chi connectivity index (χ1) is 14.0. The second-order valence-electron chi connectivity index (χ2n) is 6.03. The topological polar surface area (TPSA) is 82.1 Å². The van der Waals surface area contributed by atoms with Crippen molar-refractivity contribution in [2.75, 3.05) is 20.3 Å². The van der Waals surface area contributed by atoms with Gasteiger partial charge in [-0.05, 0) is 61.4 Å². The molecule has 0 aromatic heterocycles. The number of allylic oxidation sites excluding steroid dienone is 2. The Kier molecular flexibility index (Phi) is 8.03. The van der Waals surface area contributed by atoms with Crippen molar-refractivity contribution in [3.63, 3.8) is 0 Å². The fourth-order valence-electron chi connectivity index (χ4n) is 2.58. The van der Waals surface area contributed by atoms with Crippen LogP contribution in [0.25, 0.3) is 6.08 Å². The van der Waals surface area contributed by atoms with Crippen molar-refractivity contribution >= 4 is 17.8 Å². The van der Waals surface area contributed by atoms with Gasteiger partial charge in [-0.25, -0.2) is 4.79 Å². The molecular weight excluding hydrogens is 372 g/mol. The Bertz CT molecular complexity index is 896. The molecule has 0 unspecified atom stereocenters. The normalized spacial score (nSPS) is 10.6. The zero-order chi connectivity index (χ0) is 21.2. The molecule has 0 radical (unpaired) electrons. The van der Waals surface area contributed by atoms with Crippen LogP contribution in [0.5, 0.6) is 17.2 Å². The van der Waals surface area contributed by atoms with Gasteiger partial charge in [0.2, 0.25) is 0 Å². The molecule has 0 aliphatic heterocycles. The summed E-state index contributed by atoms with van der Waals surface area (Å²) in [6.45, 7) is 5.50. The van der Waals surface area contributed by atoms with E-state index in [0.29, 0.717) is 41.2 Å². The van der Waals surface area contributed by atoms with Crippen LogP contribution in [-0.4, -0.2) is 37.2 Å². The minimum atomic E-state index is -0.450. The van der Waals surface area contributed by atoms with Crippen LogP contribution in [0.1, 0.15) is 28.4 Å². The van der Waals surface area contributed by atoms with Gasteiger partial charge in [0.1, 0.15) is 17.2 Å². The van der Waals surface area contributed by atoms with E-state index in [2.05, 4.69) is 6.58 Å². The predicted octanol–water partition coefficient (Wildman–Crippen LogP) is 3.97. The zero-order valence-corrected chi connectivity index (χ0v) is 16.5. The average Bonchev–Trinajstić information content (AvgIpc) is 2.73. The van der Waals surface area contributed by atoms with Crippen LogP contribution in [0.3, 0.4) is 0 Å². The number of hydrogen-bond acceptors (Lipinski definition) is 6. The lowest BCUT2D eigenvalue weighted by Gasteiger charge is -2.09. The van der Waals surface area contributed by atoms with Crippen molar-refractivity contribution < 1.29 is 28.9 Å². The standard InChI is InChI=1S/C23H24O6/c1-4-6-17-13-18(22(27-3)14-21(17)25)9-12-20(24)16-7-10-19(11-8-16)29-15-23(26)28-5-2/h4,7-14,25H,1,5-6,15H2,2-3H3/b12-9+. The number of esters is 1. The number of phenols is 1. The SMILES string of the molecule is C=CCc1cc(/C=C/C(=O)c2ccc(OCC(=O)OCC)cc2)c(OC)cc1O. The van der Waals surface area contributed by atoms with Crippen LogP contribution in [0.15, 0.2) is 55.1 Å². The number of phenolic OH excluding ortho intramolecular Hbond substituents is 1. The van der Waals surface area contributed by atoms with Crippen LogP contribution in [-0.2, 0) is 16.0 Å². The molecule has 0 fully saturated rings. The van der Waals surface area contributed by atoms with Crippen LogP contribution < -0.4 is 9.47 Å². The monoisotopic (exact) mass is 396 g/mol. The summed E-state index contributed by atoms with van der Waals surface area (Å²) in [4.78, 5) is 23.8. The van der Waals surface area contributed by atoms with Gasteiger partial charge in [0.15, 0.2) is 12.4 Å². The average molecular weight is 396 g/mol. The molecule has 1 N–H and O–H groups in total. The molecule has 0 amide bonds. The molecule has 0 bridgehead atoms. The van der Waals surface area contributed by atoms with E-state index in [1.54, 1.807) is 49.4 Å². The van der Waals surface area contributed by atoms with Gasteiger partial charge in [-0.2, -0.15) is 0 Å². The molecule has 2 aromatic carbocycles. The second kappa shape index (κ2) is 10.7. The van der Waals surface area contributed by atoms with E-state index in [0.717, 1.165) is 0 Å². The highest BCUT2D eigenvalue weighted by Gasteiger charge is 2.09. The highest BCUT2D eigenvalue weighted by Crippen LogP contribution is 2.30. The van der Waals surface area contributed by atoms with Gasteiger partial charge >= 0.3 is 5.97 Å². The number of ether oxygens (including phenoxy) is 3. The fourth-order valence-corrected chi connectivity index (χ4v) is 2.58. The molecule has 6 nitrogen and oxygen atoms in total. The van der Waals surface area contributed by atoms with Crippen LogP contribution in [0, 0.1) is 0 Å². The molecule has 0 atom stereocenters. The third-order valence-corrected chi connectivity index (χ3v) is 4.01. The van der Waals surface area contributed by atoms with Gasteiger partial charge in [0, 0.05) is 17.2 Å². The quantitative estimate of drug-likeness (QED) is 0.283. The maximum Gasteiger partial charge on any atom is 0.344 e. The summed E-state index contributed by atoms with van der Waals surface area (Å²) >= 11 is 0. The summed E-state index contributed by atoms with van der Waals surface area (Å²) in [5, 5.41) is 10.0. The first-order valence-electron chi connectivity index (χ1n) is 9.10. The Hall–Kier alpha value is -3.54. The number of carbonyl (C=O) groups excluding carboxylic acids is 2. The van der Waals surface area contributed by atoms with Crippen molar-refractivity contribution in [1.82, 2.24) is 0 Å². The van der Waals surface area contributed by atoms with Crippen LogP contribution in [0.2, 0.25) is 0 Å². The Labute approximate surface area is 170 Å². The maximum atomic E-state index is 12.4. The lowest BCUT2D eigenvalue weighted by atomic mass is 10.0. The third kappa shape index (κ3) is 6.24. The first-order valence-corrected chi connectivity index (χ1v) is 9.10. The Morgan fingerprint density at radius 2 is 1.90 bits per heavy atom. The smallest absolute Gasteiger partial charge is 0.344 e. The maximum absolute atomic E-state index is 12.4. The van der Waals surface area contributed by atoms with Crippen molar-refractivity contribution in [3.05, 3.63) is 71.8 Å². The summed E-state index contributed by atoms with van der Waals surface area (Å²) in [5.41, 5.74) is 1.83. The van der Waals surface area contributed by atoms with Gasteiger partial charge in [-0.1, -0.05) is 6.08 Å². The number of rotatable bonds is 10. The molecule has 29 heavy (non-hydrogen) atoms. The minimum Gasteiger partial charge on any atom is -0.508 e. The molecule has 152 valence electrons. The van der Waals surface area contributed by atoms with E-state index < -0.39 is 5.97 Å². The molecule has 0 aliphatic rings. The summed E-state index contributed by atoms with van der Waals surface area (Å²) in [6, 6.07) is 9.73. The molecule has 0 aliphatic carbocycles. The van der Waals surface area contributed by atoms with E-state index in [-0.39, 0.29) is 18.1 Å². The van der Waals surface area contributed by atoms with Gasteiger partial charge in [-0.3, -0.25) is 4.79 Å². The molecule has 6 heteroatoms.